The van der Waals surface area contributed by atoms with Gasteiger partial charge >= 0.3 is 0 Å². The molecular weight excluding hydrogens is 929 g/mol. The van der Waals surface area contributed by atoms with Crippen LogP contribution in [0, 0.1) is 0 Å². The number of hydrogen-bond acceptors (Lipinski definition) is 2. The molecule has 0 bridgehead atoms. The van der Waals surface area contributed by atoms with E-state index in [2.05, 4.69) is 327 Å². The Bertz CT molecular complexity index is 3940. The third-order valence-corrected chi connectivity index (χ3v) is 15.5. The van der Waals surface area contributed by atoms with Gasteiger partial charge in [-0.25, -0.2) is 0 Å². The number of benzene rings is 12. The van der Waals surface area contributed by atoms with E-state index in [1.807, 2.05) is 0 Å². The molecule has 0 aromatic heterocycles. The van der Waals surface area contributed by atoms with Gasteiger partial charge in [0.05, 0.1) is 0 Å². The molecule has 0 heterocycles. The Kier molecular flexibility index (Phi) is 12.3. The Hall–Kier alpha value is -9.76. The van der Waals surface area contributed by atoms with Crippen LogP contribution in [0.1, 0.15) is 25.0 Å². The van der Waals surface area contributed by atoms with Gasteiger partial charge in [-0.2, -0.15) is 0 Å². The van der Waals surface area contributed by atoms with Crippen molar-refractivity contribution in [3.63, 3.8) is 0 Å². The lowest BCUT2D eigenvalue weighted by atomic mass is 9.82. The molecule has 1 aliphatic carbocycles. The second kappa shape index (κ2) is 20.2. The first-order valence-corrected chi connectivity index (χ1v) is 26.7. The number of hydrogen-bond donors (Lipinski definition) is 0. The molecule has 0 saturated heterocycles. The molecule has 0 spiro atoms. The summed E-state index contributed by atoms with van der Waals surface area (Å²) in [5, 5.41) is 0. The normalized spacial score (nSPS) is 12.1. The molecule has 13 rings (SSSR count). The Balaban J connectivity index is 0.911. The highest BCUT2D eigenvalue weighted by Crippen LogP contribution is 2.51. The molecule has 2 heteroatoms. The van der Waals surface area contributed by atoms with Crippen LogP contribution < -0.4 is 9.80 Å². The lowest BCUT2D eigenvalue weighted by Crippen LogP contribution is -2.16. The predicted octanol–water partition coefficient (Wildman–Crippen LogP) is 20.9. The fourth-order valence-corrected chi connectivity index (χ4v) is 11.5. The summed E-state index contributed by atoms with van der Waals surface area (Å²) >= 11 is 0. The van der Waals surface area contributed by atoms with E-state index in [1.54, 1.807) is 0 Å². The van der Waals surface area contributed by atoms with Gasteiger partial charge in [0, 0.05) is 39.5 Å². The molecule has 0 radical (unpaired) electrons. The van der Waals surface area contributed by atoms with Crippen LogP contribution in [0.15, 0.2) is 303 Å². The van der Waals surface area contributed by atoms with Crippen molar-refractivity contribution in [1.82, 2.24) is 0 Å². The van der Waals surface area contributed by atoms with Crippen molar-refractivity contribution in [3.8, 4) is 77.9 Å². The maximum Gasteiger partial charge on any atom is 0.0465 e. The first-order valence-electron chi connectivity index (χ1n) is 26.7. The summed E-state index contributed by atoms with van der Waals surface area (Å²) in [7, 11) is 0. The zero-order valence-corrected chi connectivity index (χ0v) is 43.3. The first-order chi connectivity index (χ1) is 37.9. The zero-order valence-electron chi connectivity index (χ0n) is 43.3. The molecule has 2 nitrogen and oxygen atoms in total. The number of nitrogens with zero attached hydrogens (tertiary/aromatic N) is 2. The Morgan fingerprint density at radius 3 is 0.896 bits per heavy atom. The average Bonchev–Trinajstić information content (AvgIpc) is 3.80. The number of rotatable bonds is 12. The number of anilines is 6. The van der Waals surface area contributed by atoms with Crippen molar-refractivity contribution in [2.24, 2.45) is 0 Å². The largest absolute Gasteiger partial charge is 0.311 e. The average molecular weight is 985 g/mol. The third-order valence-electron chi connectivity index (χ3n) is 15.5. The third kappa shape index (κ3) is 9.00. The van der Waals surface area contributed by atoms with Crippen LogP contribution in [-0.2, 0) is 5.41 Å². The van der Waals surface area contributed by atoms with Gasteiger partial charge in [0.1, 0.15) is 0 Å². The van der Waals surface area contributed by atoms with E-state index in [-0.39, 0.29) is 5.41 Å². The molecule has 12 aromatic rings. The molecule has 0 amide bonds. The van der Waals surface area contributed by atoms with E-state index in [4.69, 9.17) is 0 Å². The minimum Gasteiger partial charge on any atom is -0.311 e. The Labute approximate surface area is 453 Å². The second-order valence-electron chi connectivity index (χ2n) is 20.5. The smallest absolute Gasteiger partial charge is 0.0465 e. The summed E-state index contributed by atoms with van der Waals surface area (Å²) in [6, 6.07) is 110. The molecule has 0 aliphatic heterocycles. The molecule has 1 aliphatic rings. The van der Waals surface area contributed by atoms with Crippen molar-refractivity contribution >= 4 is 34.1 Å². The summed E-state index contributed by atoms with van der Waals surface area (Å²) < 4.78 is 0. The highest BCUT2D eigenvalue weighted by molar-refractivity contribution is 5.96. The topological polar surface area (TPSA) is 6.48 Å². The highest BCUT2D eigenvalue weighted by Gasteiger charge is 2.36. The highest BCUT2D eigenvalue weighted by atomic mass is 15.1. The van der Waals surface area contributed by atoms with Gasteiger partial charge in [-0.05, 0) is 174 Å². The Morgan fingerprint density at radius 1 is 0.195 bits per heavy atom. The molecule has 0 unspecified atom stereocenters. The summed E-state index contributed by atoms with van der Waals surface area (Å²) in [4.78, 5) is 4.73. The van der Waals surface area contributed by atoms with Crippen LogP contribution in [0.25, 0.3) is 77.9 Å². The van der Waals surface area contributed by atoms with E-state index >= 15 is 0 Å². The van der Waals surface area contributed by atoms with E-state index in [9.17, 15) is 0 Å². The summed E-state index contributed by atoms with van der Waals surface area (Å²) in [5.74, 6) is 0. The van der Waals surface area contributed by atoms with Crippen LogP contribution in [-0.4, -0.2) is 0 Å². The van der Waals surface area contributed by atoms with Crippen molar-refractivity contribution in [2.45, 2.75) is 19.3 Å². The van der Waals surface area contributed by atoms with Gasteiger partial charge < -0.3 is 9.80 Å². The van der Waals surface area contributed by atoms with Gasteiger partial charge in [0.25, 0.3) is 0 Å². The molecule has 0 N–H and O–H groups in total. The Morgan fingerprint density at radius 2 is 0.468 bits per heavy atom. The SMILES string of the molecule is CC1(C)c2ccccc2-c2ccc(N(c3ccc(-c4ccc(-c5ccccc5)cc4)cc3)c3ccc(-c4cc(-c5ccccc5)c(-c5ccc(N(c6ccccc6)c6ccccc6)cc5)cc4-c4ccccc4)cc3)cc21. The van der Waals surface area contributed by atoms with E-state index in [1.165, 1.54) is 77.9 Å². The summed E-state index contributed by atoms with van der Waals surface area (Å²) in [6.07, 6.45) is 0. The number of para-hydroxylation sites is 2. The fourth-order valence-electron chi connectivity index (χ4n) is 11.5. The van der Waals surface area contributed by atoms with Crippen molar-refractivity contribution in [2.75, 3.05) is 9.80 Å². The zero-order chi connectivity index (χ0) is 51.7. The lowest BCUT2D eigenvalue weighted by molar-refractivity contribution is 0.660. The summed E-state index contributed by atoms with van der Waals surface area (Å²) in [5.41, 5.74) is 26.0. The van der Waals surface area contributed by atoms with E-state index in [0.717, 1.165) is 45.3 Å². The van der Waals surface area contributed by atoms with Gasteiger partial charge in [-0.15, -0.1) is 0 Å². The fraction of sp³-hybridized carbons (Fsp3) is 0.0400. The van der Waals surface area contributed by atoms with Crippen LogP contribution in [0.5, 0.6) is 0 Å². The second-order valence-corrected chi connectivity index (χ2v) is 20.5. The van der Waals surface area contributed by atoms with Gasteiger partial charge in [-0.3, -0.25) is 0 Å². The molecule has 366 valence electrons. The monoisotopic (exact) mass is 984 g/mol. The summed E-state index contributed by atoms with van der Waals surface area (Å²) in [6.45, 7) is 4.72. The van der Waals surface area contributed by atoms with Gasteiger partial charge in [-0.1, -0.05) is 232 Å². The van der Waals surface area contributed by atoms with E-state index in [0.29, 0.717) is 0 Å². The molecule has 0 atom stereocenters. The van der Waals surface area contributed by atoms with Gasteiger partial charge in [0.2, 0.25) is 0 Å². The van der Waals surface area contributed by atoms with Crippen molar-refractivity contribution in [3.05, 3.63) is 314 Å². The minimum atomic E-state index is -0.142. The lowest BCUT2D eigenvalue weighted by Gasteiger charge is -2.28. The minimum absolute atomic E-state index is 0.142. The first kappa shape index (κ1) is 47.0. The van der Waals surface area contributed by atoms with Crippen molar-refractivity contribution in [1.29, 1.82) is 0 Å². The van der Waals surface area contributed by atoms with Crippen LogP contribution >= 0.6 is 0 Å². The molecule has 77 heavy (non-hydrogen) atoms. The van der Waals surface area contributed by atoms with E-state index < -0.39 is 0 Å². The van der Waals surface area contributed by atoms with Gasteiger partial charge in [0.15, 0.2) is 0 Å². The maximum absolute atomic E-state index is 2.42. The molecule has 0 fully saturated rings. The van der Waals surface area contributed by atoms with Crippen LogP contribution in [0.3, 0.4) is 0 Å². The van der Waals surface area contributed by atoms with Crippen LogP contribution in [0.2, 0.25) is 0 Å². The maximum atomic E-state index is 2.42. The van der Waals surface area contributed by atoms with Crippen LogP contribution in [0.4, 0.5) is 34.1 Å². The molecule has 0 saturated carbocycles. The predicted molar refractivity (Wildman–Crippen MR) is 326 cm³/mol. The molecular formula is C75H56N2. The van der Waals surface area contributed by atoms with Crippen molar-refractivity contribution < 1.29 is 0 Å². The quantitative estimate of drug-likeness (QED) is 0.120. The standard InChI is InChI=1S/C75H56N2/c1-75(2)73-31-19-18-30-67(73)68-49-48-66(50-74(68)75)77(64-42-36-56(37-43-64)55-34-32-54(33-35-55)53-20-8-3-9-21-53)65-46-40-60(41-47-65)72-52-69(57-22-10-4-11-23-57)71(51-70(72)58-24-12-5-13-25-58)59-38-44-63(45-39-59)76(61-26-14-6-15-27-61)62-28-16-7-17-29-62/h3-52H,1-2H3. The number of fused-ring (bicyclic) bond motifs is 3. The molecule has 12 aromatic carbocycles.